The number of fused-ring (bicyclic) bond motifs is 1. The first-order chi connectivity index (χ1) is 9.50. The summed E-state index contributed by atoms with van der Waals surface area (Å²) in [7, 11) is 0. The zero-order valence-electron chi connectivity index (χ0n) is 11.3. The second kappa shape index (κ2) is 4.27. The van der Waals surface area contributed by atoms with Crippen molar-refractivity contribution in [3.8, 4) is 0 Å². The summed E-state index contributed by atoms with van der Waals surface area (Å²) >= 11 is 0. The first-order valence-electron chi connectivity index (χ1n) is 6.43. The number of nitro groups is 1. The minimum absolute atomic E-state index is 0.112. The molecule has 3 rings (SSSR count). The molecule has 0 aliphatic carbocycles. The standard InChI is InChI=1S/C16H14N2O2/c1-16(2)13-10-12(18(19)20)8-9-14(13)17-15(16)11-6-4-3-5-7-11/h3-10H,1-2H3. The van der Waals surface area contributed by atoms with Gasteiger partial charge in [0.2, 0.25) is 0 Å². The molecule has 0 N–H and O–H groups in total. The first kappa shape index (κ1) is 12.5. The summed E-state index contributed by atoms with van der Waals surface area (Å²) in [4.78, 5) is 15.2. The van der Waals surface area contributed by atoms with E-state index in [2.05, 4.69) is 4.99 Å². The van der Waals surface area contributed by atoms with E-state index in [4.69, 9.17) is 0 Å². The lowest BCUT2D eigenvalue weighted by Gasteiger charge is -2.22. The lowest BCUT2D eigenvalue weighted by atomic mass is 9.79. The number of rotatable bonds is 2. The van der Waals surface area contributed by atoms with Crippen molar-refractivity contribution in [3.05, 3.63) is 69.8 Å². The second-order valence-corrected chi connectivity index (χ2v) is 5.41. The minimum atomic E-state index is -0.364. The van der Waals surface area contributed by atoms with Gasteiger partial charge in [0, 0.05) is 17.5 Å². The van der Waals surface area contributed by atoms with Gasteiger partial charge in [-0.15, -0.1) is 0 Å². The highest BCUT2D eigenvalue weighted by Crippen LogP contribution is 2.43. The highest BCUT2D eigenvalue weighted by atomic mass is 16.6. The van der Waals surface area contributed by atoms with Crippen LogP contribution in [0.3, 0.4) is 0 Å². The number of nitro benzene ring substituents is 1. The van der Waals surface area contributed by atoms with E-state index >= 15 is 0 Å². The molecular weight excluding hydrogens is 252 g/mol. The number of nitrogens with zero attached hydrogens (tertiary/aromatic N) is 2. The van der Waals surface area contributed by atoms with Crippen molar-refractivity contribution < 1.29 is 4.92 Å². The zero-order valence-corrected chi connectivity index (χ0v) is 11.3. The molecule has 0 radical (unpaired) electrons. The lowest BCUT2D eigenvalue weighted by Crippen LogP contribution is -2.26. The predicted molar refractivity (Wildman–Crippen MR) is 78.8 cm³/mol. The smallest absolute Gasteiger partial charge is 0.258 e. The molecule has 0 unspecified atom stereocenters. The van der Waals surface area contributed by atoms with E-state index in [1.807, 2.05) is 44.2 Å². The number of benzene rings is 2. The number of aliphatic imine (C=N–C) groups is 1. The Bertz CT molecular complexity index is 719. The summed E-state index contributed by atoms with van der Waals surface area (Å²) in [6, 6.07) is 14.8. The van der Waals surface area contributed by atoms with E-state index in [9.17, 15) is 10.1 Å². The van der Waals surface area contributed by atoms with E-state index in [-0.39, 0.29) is 16.0 Å². The van der Waals surface area contributed by atoms with Crippen LogP contribution < -0.4 is 0 Å². The molecule has 0 saturated heterocycles. The van der Waals surface area contributed by atoms with Gasteiger partial charge < -0.3 is 0 Å². The molecule has 1 aliphatic rings. The fraction of sp³-hybridized carbons (Fsp3) is 0.188. The predicted octanol–water partition coefficient (Wildman–Crippen LogP) is 4.01. The van der Waals surface area contributed by atoms with Crippen molar-refractivity contribution >= 4 is 17.1 Å². The van der Waals surface area contributed by atoms with Crippen LogP contribution in [0.4, 0.5) is 11.4 Å². The fourth-order valence-corrected chi connectivity index (χ4v) is 2.64. The van der Waals surface area contributed by atoms with Crippen molar-refractivity contribution in [2.45, 2.75) is 19.3 Å². The van der Waals surface area contributed by atoms with Gasteiger partial charge in [-0.1, -0.05) is 44.2 Å². The Kier molecular flexibility index (Phi) is 2.67. The van der Waals surface area contributed by atoms with Crippen molar-refractivity contribution in [1.29, 1.82) is 0 Å². The topological polar surface area (TPSA) is 55.5 Å². The van der Waals surface area contributed by atoms with Crippen LogP contribution in [0.5, 0.6) is 0 Å². The Morgan fingerprint density at radius 2 is 1.80 bits per heavy atom. The van der Waals surface area contributed by atoms with E-state index in [1.54, 1.807) is 12.1 Å². The summed E-state index contributed by atoms with van der Waals surface area (Å²) in [5, 5.41) is 10.9. The maximum atomic E-state index is 10.9. The highest BCUT2D eigenvalue weighted by Gasteiger charge is 2.36. The summed E-state index contributed by atoms with van der Waals surface area (Å²) in [5.74, 6) is 0. The van der Waals surface area contributed by atoms with Crippen LogP contribution in [0.1, 0.15) is 25.0 Å². The monoisotopic (exact) mass is 266 g/mol. The molecule has 2 aromatic carbocycles. The Hall–Kier alpha value is -2.49. The summed E-state index contributed by atoms with van der Waals surface area (Å²) in [6.45, 7) is 4.10. The third-order valence-electron chi connectivity index (χ3n) is 3.74. The molecule has 1 heterocycles. The van der Waals surface area contributed by atoms with Crippen LogP contribution in [-0.2, 0) is 5.41 Å². The fourth-order valence-electron chi connectivity index (χ4n) is 2.64. The maximum Gasteiger partial charge on any atom is 0.269 e. The third kappa shape index (κ3) is 1.81. The maximum absolute atomic E-state index is 10.9. The van der Waals surface area contributed by atoms with Crippen LogP contribution in [-0.4, -0.2) is 10.6 Å². The molecule has 1 aliphatic heterocycles. The van der Waals surface area contributed by atoms with Crippen LogP contribution in [0.2, 0.25) is 0 Å². The molecule has 2 aromatic rings. The Labute approximate surface area is 116 Å². The molecule has 0 bridgehead atoms. The van der Waals surface area contributed by atoms with Gasteiger partial charge in [0.25, 0.3) is 5.69 Å². The summed E-state index contributed by atoms with van der Waals surface area (Å²) in [6.07, 6.45) is 0. The van der Waals surface area contributed by atoms with Crippen LogP contribution in [0, 0.1) is 10.1 Å². The first-order valence-corrected chi connectivity index (χ1v) is 6.43. The average Bonchev–Trinajstić information content (AvgIpc) is 2.71. The van der Waals surface area contributed by atoms with Gasteiger partial charge in [0.15, 0.2) is 0 Å². The van der Waals surface area contributed by atoms with Crippen molar-refractivity contribution in [2.24, 2.45) is 4.99 Å². The van der Waals surface area contributed by atoms with Gasteiger partial charge in [-0.05, 0) is 17.2 Å². The molecule has 4 heteroatoms. The number of hydrogen-bond acceptors (Lipinski definition) is 3. The normalized spacial score (nSPS) is 15.6. The van der Waals surface area contributed by atoms with Gasteiger partial charge in [-0.2, -0.15) is 0 Å². The van der Waals surface area contributed by atoms with Gasteiger partial charge in [-0.25, -0.2) is 0 Å². The second-order valence-electron chi connectivity index (χ2n) is 5.41. The minimum Gasteiger partial charge on any atom is -0.258 e. The molecule has 0 fully saturated rings. The van der Waals surface area contributed by atoms with Crippen molar-refractivity contribution in [3.63, 3.8) is 0 Å². The van der Waals surface area contributed by atoms with E-state index in [0.717, 1.165) is 22.5 Å². The largest absolute Gasteiger partial charge is 0.269 e. The van der Waals surface area contributed by atoms with Gasteiger partial charge >= 0.3 is 0 Å². The van der Waals surface area contributed by atoms with E-state index in [0.29, 0.717) is 0 Å². The van der Waals surface area contributed by atoms with Gasteiger partial charge in [0.1, 0.15) is 0 Å². The number of hydrogen-bond donors (Lipinski definition) is 0. The number of non-ortho nitro benzene ring substituents is 1. The molecule has 0 atom stereocenters. The van der Waals surface area contributed by atoms with Crippen molar-refractivity contribution in [1.82, 2.24) is 0 Å². The Morgan fingerprint density at radius 3 is 2.45 bits per heavy atom. The lowest BCUT2D eigenvalue weighted by molar-refractivity contribution is -0.384. The molecule has 0 amide bonds. The molecule has 0 saturated carbocycles. The van der Waals surface area contributed by atoms with Crippen LogP contribution in [0.15, 0.2) is 53.5 Å². The van der Waals surface area contributed by atoms with Crippen LogP contribution >= 0.6 is 0 Å². The van der Waals surface area contributed by atoms with Crippen LogP contribution in [0.25, 0.3) is 0 Å². The average molecular weight is 266 g/mol. The Balaban J connectivity index is 2.13. The third-order valence-corrected chi connectivity index (χ3v) is 3.74. The van der Waals surface area contributed by atoms with E-state index < -0.39 is 0 Å². The zero-order chi connectivity index (χ0) is 14.3. The Morgan fingerprint density at radius 1 is 1.10 bits per heavy atom. The van der Waals surface area contributed by atoms with E-state index in [1.165, 1.54) is 6.07 Å². The van der Waals surface area contributed by atoms with Gasteiger partial charge in [-0.3, -0.25) is 15.1 Å². The summed E-state index contributed by atoms with van der Waals surface area (Å²) in [5.41, 5.74) is 3.51. The van der Waals surface area contributed by atoms with Crippen molar-refractivity contribution in [2.75, 3.05) is 0 Å². The molecule has 20 heavy (non-hydrogen) atoms. The molecule has 4 nitrogen and oxygen atoms in total. The molecular formula is C16H14N2O2. The molecule has 100 valence electrons. The molecule has 0 spiro atoms. The quantitative estimate of drug-likeness (QED) is 0.609. The molecule has 0 aromatic heterocycles. The summed E-state index contributed by atoms with van der Waals surface area (Å²) < 4.78 is 0. The highest BCUT2D eigenvalue weighted by molar-refractivity contribution is 6.12. The SMILES string of the molecule is CC1(C)C(c2ccccc2)=Nc2ccc([N+](=O)[O-])cc21. The van der Waals surface area contributed by atoms with Gasteiger partial charge in [0.05, 0.1) is 16.3 Å².